The fraction of sp³-hybridized carbons (Fsp3) is 0.333. The Morgan fingerprint density at radius 3 is 3.06 bits per heavy atom. The van der Waals surface area contributed by atoms with Gasteiger partial charge in [0.2, 0.25) is 0 Å². The molecule has 0 saturated carbocycles. The van der Waals surface area contributed by atoms with Crippen molar-refractivity contribution >= 4 is 27.4 Å². The van der Waals surface area contributed by atoms with Gasteiger partial charge in [0.1, 0.15) is 23.2 Å². The molecule has 1 atom stereocenters. The maximum Gasteiger partial charge on any atom is 0.174 e. The van der Waals surface area contributed by atoms with Gasteiger partial charge in [-0.05, 0) is 33.8 Å². The monoisotopic (exact) mass is 283 g/mol. The van der Waals surface area contributed by atoms with Gasteiger partial charge in [0.15, 0.2) is 5.78 Å². The molecule has 0 N–H and O–H groups in total. The molecule has 1 aromatic carbocycles. The molecule has 6 heteroatoms. The fourth-order valence-corrected chi connectivity index (χ4v) is 2.59. The zero-order valence-electron chi connectivity index (χ0n) is 9.60. The van der Waals surface area contributed by atoms with E-state index in [1.54, 1.807) is 12.1 Å². The van der Waals surface area contributed by atoms with Crippen molar-refractivity contribution in [1.82, 2.24) is 0 Å². The molecular weight excluding hydrogens is 274 g/mol. The highest BCUT2D eigenvalue weighted by Crippen LogP contribution is 2.43. The first-order valence-electron chi connectivity index (χ1n) is 5.27. The van der Waals surface area contributed by atoms with Crippen LogP contribution >= 0.6 is 21.7 Å². The number of carbonyl (C=O) groups excluding carboxylic acids is 1. The summed E-state index contributed by atoms with van der Waals surface area (Å²) in [6.07, 6.45) is -0.0491. The van der Waals surface area contributed by atoms with Crippen LogP contribution in [-0.4, -0.2) is 19.0 Å². The van der Waals surface area contributed by atoms with Gasteiger partial charge in [0, 0.05) is 6.42 Å². The number of fused-ring (bicyclic) bond motifs is 1. The SMILES string of the molecule is COc1ccc(SCl)c2c1C(=O)CC(CC#N)O2. The number of hydrogen-bond donors (Lipinski definition) is 0. The summed E-state index contributed by atoms with van der Waals surface area (Å²) in [5.74, 6) is 0.812. The van der Waals surface area contributed by atoms with Gasteiger partial charge in [-0.25, -0.2) is 0 Å². The minimum atomic E-state index is -0.412. The summed E-state index contributed by atoms with van der Waals surface area (Å²) in [5, 5.41) is 8.68. The molecule has 0 bridgehead atoms. The summed E-state index contributed by atoms with van der Waals surface area (Å²) in [4.78, 5) is 12.8. The van der Waals surface area contributed by atoms with Crippen molar-refractivity contribution in [2.45, 2.75) is 23.8 Å². The molecule has 0 fully saturated rings. The lowest BCUT2D eigenvalue weighted by molar-refractivity contribution is 0.0844. The molecule has 2 rings (SSSR count). The standard InChI is InChI=1S/C12H10ClNO3S/c1-16-9-2-3-10(18-13)12-11(9)8(15)6-7(17-12)4-5-14/h2-3,7H,4,6H2,1H3. The smallest absolute Gasteiger partial charge is 0.174 e. The van der Waals surface area contributed by atoms with E-state index in [4.69, 9.17) is 25.4 Å². The highest BCUT2D eigenvalue weighted by atomic mass is 35.7. The largest absolute Gasteiger partial charge is 0.496 e. The predicted octanol–water partition coefficient (Wildman–Crippen LogP) is 3.19. The average molecular weight is 284 g/mol. The van der Waals surface area contributed by atoms with Crippen molar-refractivity contribution in [2.75, 3.05) is 7.11 Å². The van der Waals surface area contributed by atoms with Gasteiger partial charge in [0.05, 0.1) is 24.5 Å². The third-order valence-electron chi connectivity index (χ3n) is 2.68. The molecule has 1 aromatic rings. The molecule has 0 amide bonds. The number of nitrogens with zero attached hydrogens (tertiary/aromatic N) is 1. The Morgan fingerprint density at radius 1 is 1.67 bits per heavy atom. The van der Waals surface area contributed by atoms with Crippen molar-refractivity contribution < 1.29 is 14.3 Å². The maximum atomic E-state index is 12.1. The predicted molar refractivity (Wildman–Crippen MR) is 68.3 cm³/mol. The minimum Gasteiger partial charge on any atom is -0.496 e. The lowest BCUT2D eigenvalue weighted by Crippen LogP contribution is -2.27. The summed E-state index contributed by atoms with van der Waals surface area (Å²) in [6, 6.07) is 5.43. The first kappa shape index (κ1) is 13.1. The molecule has 1 unspecified atom stereocenters. The summed E-state index contributed by atoms with van der Waals surface area (Å²) in [6.45, 7) is 0. The number of methoxy groups -OCH3 is 1. The summed E-state index contributed by atoms with van der Waals surface area (Å²) >= 11 is 0. The average Bonchev–Trinajstić information content (AvgIpc) is 2.37. The highest BCUT2D eigenvalue weighted by molar-refractivity contribution is 8.21. The number of rotatable bonds is 3. The number of benzene rings is 1. The van der Waals surface area contributed by atoms with Crippen LogP contribution in [-0.2, 0) is 0 Å². The number of ketones is 1. The quantitative estimate of drug-likeness (QED) is 0.852. The Kier molecular flexibility index (Phi) is 4.00. The number of nitriles is 1. The Bertz CT molecular complexity index is 527. The first-order chi connectivity index (χ1) is 8.71. The number of Topliss-reactive ketones (excluding diaryl/α,β-unsaturated/α-hetero) is 1. The van der Waals surface area contributed by atoms with E-state index < -0.39 is 6.10 Å². The van der Waals surface area contributed by atoms with Crippen molar-refractivity contribution in [2.24, 2.45) is 0 Å². The third kappa shape index (κ3) is 2.26. The molecule has 94 valence electrons. The van der Waals surface area contributed by atoms with Gasteiger partial charge in [-0.2, -0.15) is 5.26 Å². The van der Waals surface area contributed by atoms with Crippen molar-refractivity contribution in [3.63, 3.8) is 0 Å². The molecule has 1 heterocycles. The van der Waals surface area contributed by atoms with Gasteiger partial charge >= 0.3 is 0 Å². The van der Waals surface area contributed by atoms with Crippen molar-refractivity contribution in [3.05, 3.63) is 17.7 Å². The van der Waals surface area contributed by atoms with Crippen LogP contribution in [0.2, 0.25) is 0 Å². The van der Waals surface area contributed by atoms with Crippen molar-refractivity contribution in [3.8, 4) is 17.6 Å². The summed E-state index contributed by atoms with van der Waals surface area (Å²) in [7, 11) is 8.23. The first-order valence-corrected chi connectivity index (χ1v) is 6.92. The number of ether oxygens (including phenoxy) is 2. The molecule has 0 spiro atoms. The molecule has 1 aliphatic heterocycles. The Hall–Kier alpha value is -1.38. The van der Waals surface area contributed by atoms with Crippen molar-refractivity contribution in [1.29, 1.82) is 5.26 Å². The second-order valence-electron chi connectivity index (χ2n) is 3.78. The van der Waals surface area contributed by atoms with E-state index in [9.17, 15) is 4.79 Å². The molecular formula is C12H10ClNO3S. The van der Waals surface area contributed by atoms with Crippen LogP contribution in [0.4, 0.5) is 0 Å². The van der Waals surface area contributed by atoms with Crippen LogP contribution < -0.4 is 9.47 Å². The van der Waals surface area contributed by atoms with E-state index in [-0.39, 0.29) is 18.6 Å². The zero-order valence-corrected chi connectivity index (χ0v) is 11.2. The van der Waals surface area contributed by atoms with Crippen LogP contribution in [0.5, 0.6) is 11.5 Å². The molecule has 4 nitrogen and oxygen atoms in total. The molecule has 18 heavy (non-hydrogen) atoms. The van der Waals surface area contributed by atoms with Gasteiger partial charge in [-0.1, -0.05) is 0 Å². The Labute approximate surface area is 113 Å². The summed E-state index contributed by atoms with van der Waals surface area (Å²) < 4.78 is 10.8. The second kappa shape index (κ2) is 5.51. The molecule has 1 aliphatic rings. The lowest BCUT2D eigenvalue weighted by Gasteiger charge is -2.26. The van der Waals surface area contributed by atoms with Gasteiger partial charge in [-0.15, -0.1) is 0 Å². The lowest BCUT2D eigenvalue weighted by atomic mass is 9.98. The van der Waals surface area contributed by atoms with Crippen LogP contribution in [0, 0.1) is 11.3 Å². The topological polar surface area (TPSA) is 59.3 Å². The van der Waals surface area contributed by atoms with Gasteiger partial charge in [-0.3, -0.25) is 4.79 Å². The van der Waals surface area contributed by atoms with Crippen LogP contribution in [0.3, 0.4) is 0 Å². The van der Waals surface area contributed by atoms with E-state index in [2.05, 4.69) is 0 Å². The van der Waals surface area contributed by atoms with E-state index in [0.29, 0.717) is 22.0 Å². The molecule has 0 aliphatic carbocycles. The van der Waals surface area contributed by atoms with Gasteiger partial charge in [0.25, 0.3) is 0 Å². The third-order valence-corrected chi connectivity index (χ3v) is 3.67. The van der Waals surface area contributed by atoms with E-state index in [0.717, 1.165) is 11.0 Å². The normalized spacial score (nSPS) is 17.6. The van der Waals surface area contributed by atoms with Crippen LogP contribution in [0.15, 0.2) is 17.0 Å². The van der Waals surface area contributed by atoms with Crippen LogP contribution in [0.25, 0.3) is 0 Å². The summed E-state index contributed by atoms with van der Waals surface area (Å²) in [5.41, 5.74) is 0.414. The highest BCUT2D eigenvalue weighted by Gasteiger charge is 2.31. The zero-order chi connectivity index (χ0) is 13.1. The second-order valence-corrected chi connectivity index (χ2v) is 4.83. The molecule has 0 saturated heterocycles. The van der Waals surface area contributed by atoms with Gasteiger partial charge < -0.3 is 9.47 Å². The maximum absolute atomic E-state index is 12.1. The van der Waals surface area contributed by atoms with E-state index in [1.807, 2.05) is 6.07 Å². The minimum absolute atomic E-state index is 0.0825. The van der Waals surface area contributed by atoms with E-state index >= 15 is 0 Å². The Balaban J connectivity index is 2.50. The number of halogens is 1. The number of carbonyl (C=O) groups is 1. The molecule has 0 aromatic heterocycles. The fourth-order valence-electron chi connectivity index (χ4n) is 1.89. The molecule has 0 radical (unpaired) electrons. The number of hydrogen-bond acceptors (Lipinski definition) is 5. The van der Waals surface area contributed by atoms with Crippen LogP contribution in [0.1, 0.15) is 23.2 Å². The van der Waals surface area contributed by atoms with E-state index in [1.165, 1.54) is 7.11 Å². The Morgan fingerprint density at radius 2 is 2.44 bits per heavy atom.